The van der Waals surface area contributed by atoms with Gasteiger partial charge in [0.2, 0.25) is 5.91 Å². The molecule has 2 N–H and O–H groups in total. The predicted molar refractivity (Wildman–Crippen MR) is 71.4 cm³/mol. The number of aliphatic carboxylic acids is 1. The lowest BCUT2D eigenvalue weighted by molar-refractivity contribution is -0.146. The van der Waals surface area contributed by atoms with Crippen LogP contribution in [0.15, 0.2) is 18.2 Å². The summed E-state index contributed by atoms with van der Waals surface area (Å²) in [5, 5.41) is 11.6. The fourth-order valence-electron chi connectivity index (χ4n) is 2.89. The molecule has 6 heteroatoms. The van der Waals surface area contributed by atoms with Crippen molar-refractivity contribution in [1.82, 2.24) is 5.32 Å². The van der Waals surface area contributed by atoms with Crippen molar-refractivity contribution in [2.75, 3.05) is 0 Å². The molecular weight excluding hydrogens is 280 g/mol. The third-order valence-corrected chi connectivity index (χ3v) is 3.96. The molecule has 1 aromatic carbocycles. The Bertz CT molecular complexity index is 542. The van der Waals surface area contributed by atoms with Crippen LogP contribution in [-0.2, 0) is 9.59 Å². The second kappa shape index (κ2) is 6.20. The Morgan fingerprint density at radius 3 is 2.38 bits per heavy atom. The van der Waals surface area contributed by atoms with Gasteiger partial charge < -0.3 is 10.4 Å². The maximum absolute atomic E-state index is 13.6. The monoisotopic (exact) mass is 297 g/mol. The largest absolute Gasteiger partial charge is 0.481 e. The van der Waals surface area contributed by atoms with Gasteiger partial charge in [-0.25, -0.2) is 8.78 Å². The Labute approximate surface area is 121 Å². The highest BCUT2D eigenvalue weighted by molar-refractivity contribution is 5.85. The van der Waals surface area contributed by atoms with Crippen LogP contribution in [0.1, 0.15) is 37.8 Å². The number of hydrogen-bond acceptors (Lipinski definition) is 2. The number of carbonyl (C=O) groups excluding carboxylic acids is 1. The maximum atomic E-state index is 13.6. The zero-order valence-corrected chi connectivity index (χ0v) is 11.6. The molecule has 1 saturated carbocycles. The molecule has 0 heterocycles. The van der Waals surface area contributed by atoms with Crippen molar-refractivity contribution in [1.29, 1.82) is 0 Å². The van der Waals surface area contributed by atoms with Crippen molar-refractivity contribution < 1.29 is 23.5 Å². The summed E-state index contributed by atoms with van der Waals surface area (Å²) in [6.45, 7) is 1.48. The van der Waals surface area contributed by atoms with Gasteiger partial charge in [-0.05, 0) is 31.9 Å². The molecule has 0 radical (unpaired) electrons. The summed E-state index contributed by atoms with van der Waals surface area (Å²) in [5.74, 6) is -4.29. The molecule has 21 heavy (non-hydrogen) atoms. The van der Waals surface area contributed by atoms with Gasteiger partial charge in [0.25, 0.3) is 0 Å². The minimum absolute atomic E-state index is 0.212. The van der Waals surface area contributed by atoms with E-state index in [1.165, 1.54) is 13.0 Å². The fourth-order valence-corrected chi connectivity index (χ4v) is 2.89. The SMILES string of the molecule is CC(NC(=O)[C@@H]1CCC[C@@H]1C(=O)O)c1c(F)cccc1F. The van der Waals surface area contributed by atoms with E-state index in [9.17, 15) is 18.4 Å². The normalized spacial score (nSPS) is 22.8. The first kappa shape index (κ1) is 15.4. The zero-order valence-electron chi connectivity index (χ0n) is 11.6. The van der Waals surface area contributed by atoms with E-state index in [4.69, 9.17) is 5.11 Å². The highest BCUT2D eigenvalue weighted by Gasteiger charge is 2.38. The van der Waals surface area contributed by atoms with Crippen LogP contribution in [-0.4, -0.2) is 17.0 Å². The van der Waals surface area contributed by atoms with Crippen LogP contribution in [0.2, 0.25) is 0 Å². The Kier molecular flexibility index (Phi) is 4.55. The van der Waals surface area contributed by atoms with Crippen molar-refractivity contribution in [3.8, 4) is 0 Å². The summed E-state index contributed by atoms with van der Waals surface area (Å²) in [7, 11) is 0. The van der Waals surface area contributed by atoms with Crippen LogP contribution >= 0.6 is 0 Å². The highest BCUT2D eigenvalue weighted by atomic mass is 19.1. The zero-order chi connectivity index (χ0) is 15.6. The second-order valence-corrected chi connectivity index (χ2v) is 5.35. The van der Waals surface area contributed by atoms with E-state index in [2.05, 4.69) is 5.32 Å². The average Bonchev–Trinajstić information content (AvgIpc) is 2.87. The number of benzene rings is 1. The van der Waals surface area contributed by atoms with Crippen LogP contribution in [0.25, 0.3) is 0 Å². The van der Waals surface area contributed by atoms with Crippen molar-refractivity contribution in [3.63, 3.8) is 0 Å². The summed E-state index contributed by atoms with van der Waals surface area (Å²) >= 11 is 0. The Morgan fingerprint density at radius 2 is 1.81 bits per heavy atom. The standard InChI is InChI=1S/C15H17F2NO3/c1-8(13-11(16)6-3-7-12(13)17)18-14(19)9-4-2-5-10(9)15(20)21/h3,6-10H,2,4-5H2,1H3,(H,18,19)(H,20,21)/t8?,9-,10+/m1/s1. The molecule has 0 spiro atoms. The van der Waals surface area contributed by atoms with Crippen LogP contribution in [0.5, 0.6) is 0 Å². The van der Waals surface area contributed by atoms with E-state index in [1.807, 2.05) is 0 Å². The molecular formula is C15H17F2NO3. The molecule has 1 aromatic rings. The number of nitrogens with one attached hydrogen (secondary N) is 1. The molecule has 4 nitrogen and oxygen atoms in total. The summed E-state index contributed by atoms with van der Waals surface area (Å²) in [6.07, 6.45) is 1.60. The Balaban J connectivity index is 2.11. The van der Waals surface area contributed by atoms with Crippen LogP contribution < -0.4 is 5.32 Å². The number of amides is 1. The molecule has 1 amide bonds. The smallest absolute Gasteiger partial charge is 0.307 e. The van der Waals surface area contributed by atoms with Gasteiger partial charge >= 0.3 is 5.97 Å². The van der Waals surface area contributed by atoms with Gasteiger partial charge in [0.1, 0.15) is 11.6 Å². The average molecular weight is 297 g/mol. The first-order valence-corrected chi connectivity index (χ1v) is 6.89. The molecule has 0 bridgehead atoms. The Hall–Kier alpha value is -1.98. The number of carboxylic acid groups (broad SMARTS) is 1. The van der Waals surface area contributed by atoms with Crippen LogP contribution in [0, 0.1) is 23.5 Å². The third-order valence-electron chi connectivity index (χ3n) is 3.96. The molecule has 0 saturated heterocycles. The van der Waals surface area contributed by atoms with Crippen molar-refractivity contribution >= 4 is 11.9 Å². The van der Waals surface area contributed by atoms with Gasteiger partial charge in [0, 0.05) is 5.56 Å². The first-order valence-electron chi connectivity index (χ1n) is 6.89. The lowest BCUT2D eigenvalue weighted by atomic mass is 9.94. The molecule has 2 rings (SSSR count). The molecule has 1 unspecified atom stereocenters. The molecule has 0 aliphatic heterocycles. The first-order chi connectivity index (χ1) is 9.91. The van der Waals surface area contributed by atoms with Gasteiger partial charge in [-0.1, -0.05) is 12.5 Å². The van der Waals surface area contributed by atoms with Gasteiger partial charge in [0.05, 0.1) is 17.9 Å². The van der Waals surface area contributed by atoms with E-state index in [0.29, 0.717) is 19.3 Å². The number of carbonyl (C=O) groups is 2. The maximum Gasteiger partial charge on any atom is 0.307 e. The molecule has 1 fully saturated rings. The second-order valence-electron chi connectivity index (χ2n) is 5.35. The van der Waals surface area contributed by atoms with E-state index in [0.717, 1.165) is 12.1 Å². The van der Waals surface area contributed by atoms with Gasteiger partial charge in [-0.15, -0.1) is 0 Å². The van der Waals surface area contributed by atoms with Crippen molar-refractivity contribution in [2.24, 2.45) is 11.8 Å². The summed E-state index contributed by atoms with van der Waals surface area (Å²) in [4.78, 5) is 23.2. The molecule has 1 aliphatic carbocycles. The van der Waals surface area contributed by atoms with Crippen molar-refractivity contribution in [3.05, 3.63) is 35.4 Å². The van der Waals surface area contributed by atoms with E-state index in [-0.39, 0.29) is 5.56 Å². The lowest BCUT2D eigenvalue weighted by Gasteiger charge is -2.20. The number of halogens is 2. The van der Waals surface area contributed by atoms with Gasteiger partial charge in [-0.3, -0.25) is 9.59 Å². The number of hydrogen-bond donors (Lipinski definition) is 2. The lowest BCUT2D eigenvalue weighted by Crippen LogP contribution is -2.37. The van der Waals surface area contributed by atoms with E-state index in [1.54, 1.807) is 0 Å². The minimum Gasteiger partial charge on any atom is -0.481 e. The summed E-state index contributed by atoms with van der Waals surface area (Å²) < 4.78 is 27.3. The predicted octanol–water partition coefficient (Wildman–Crippen LogP) is 2.64. The third kappa shape index (κ3) is 3.20. The molecule has 114 valence electrons. The minimum atomic E-state index is -1.00. The van der Waals surface area contributed by atoms with Crippen LogP contribution in [0.4, 0.5) is 8.78 Å². The number of rotatable bonds is 4. The highest BCUT2D eigenvalue weighted by Crippen LogP contribution is 2.33. The summed E-state index contributed by atoms with van der Waals surface area (Å²) in [6, 6.07) is 2.64. The van der Waals surface area contributed by atoms with Gasteiger partial charge in [-0.2, -0.15) is 0 Å². The van der Waals surface area contributed by atoms with Gasteiger partial charge in [0.15, 0.2) is 0 Å². The fraction of sp³-hybridized carbons (Fsp3) is 0.467. The van der Waals surface area contributed by atoms with E-state index >= 15 is 0 Å². The number of carboxylic acids is 1. The van der Waals surface area contributed by atoms with Crippen LogP contribution in [0.3, 0.4) is 0 Å². The quantitative estimate of drug-likeness (QED) is 0.898. The topological polar surface area (TPSA) is 66.4 Å². The summed E-state index contributed by atoms with van der Waals surface area (Å²) in [5.41, 5.74) is -0.212. The Morgan fingerprint density at radius 1 is 1.24 bits per heavy atom. The molecule has 0 aromatic heterocycles. The van der Waals surface area contributed by atoms with E-state index < -0.39 is 41.4 Å². The van der Waals surface area contributed by atoms with Crippen molar-refractivity contribution in [2.45, 2.75) is 32.2 Å². The molecule has 3 atom stereocenters. The molecule has 1 aliphatic rings.